The molecule has 3 heterocycles. The van der Waals surface area contributed by atoms with Gasteiger partial charge in [0.2, 0.25) is 11.8 Å². The van der Waals surface area contributed by atoms with Crippen molar-refractivity contribution in [2.45, 2.75) is 44.2 Å². The molecule has 2 aliphatic heterocycles. The number of nitrogens with zero attached hydrogens (tertiary/aromatic N) is 2. The quantitative estimate of drug-likeness (QED) is 0.768. The van der Waals surface area contributed by atoms with E-state index < -0.39 is 5.54 Å². The number of carbonyl (C=O) groups excluding carboxylic acids is 2. The van der Waals surface area contributed by atoms with Gasteiger partial charge in [-0.2, -0.15) is 5.10 Å². The Kier molecular flexibility index (Phi) is 4.70. The monoisotopic (exact) mass is 367 g/mol. The fourth-order valence-corrected chi connectivity index (χ4v) is 4.01. The number of hydrogen-bond acceptors (Lipinski definition) is 4. The van der Waals surface area contributed by atoms with Crippen LogP contribution in [0.15, 0.2) is 36.7 Å². The third-order valence-electron chi connectivity index (χ3n) is 5.67. The SMILES string of the molecule is CC(NC(=O)C1(n2cccn2)CCNCC1)c1ccc2c(c1)CCC(=O)N2. The van der Waals surface area contributed by atoms with Crippen molar-refractivity contribution in [3.8, 4) is 0 Å². The minimum absolute atomic E-state index is 0.00576. The number of rotatable bonds is 4. The van der Waals surface area contributed by atoms with E-state index >= 15 is 0 Å². The molecule has 2 amide bonds. The van der Waals surface area contributed by atoms with E-state index in [1.807, 2.05) is 31.3 Å². The Bertz CT molecular complexity index is 840. The largest absolute Gasteiger partial charge is 0.347 e. The van der Waals surface area contributed by atoms with Crippen LogP contribution < -0.4 is 16.0 Å². The molecular formula is C20H25N5O2. The van der Waals surface area contributed by atoms with Crippen molar-refractivity contribution in [3.05, 3.63) is 47.8 Å². The summed E-state index contributed by atoms with van der Waals surface area (Å²) in [4.78, 5) is 24.8. The average molecular weight is 367 g/mol. The lowest BCUT2D eigenvalue weighted by Gasteiger charge is -2.37. The highest BCUT2D eigenvalue weighted by Gasteiger charge is 2.42. The van der Waals surface area contributed by atoms with Gasteiger partial charge in [0.1, 0.15) is 5.54 Å². The lowest BCUT2D eigenvalue weighted by Crippen LogP contribution is -2.55. The summed E-state index contributed by atoms with van der Waals surface area (Å²) in [5.74, 6) is 0.0647. The van der Waals surface area contributed by atoms with Crippen LogP contribution in [0.3, 0.4) is 0 Å². The predicted molar refractivity (Wildman–Crippen MR) is 102 cm³/mol. The second-order valence-corrected chi connectivity index (χ2v) is 7.39. The lowest BCUT2D eigenvalue weighted by molar-refractivity contribution is -0.132. The van der Waals surface area contributed by atoms with Gasteiger partial charge in [-0.3, -0.25) is 14.3 Å². The van der Waals surface area contributed by atoms with Crippen LogP contribution in [0, 0.1) is 0 Å². The topological polar surface area (TPSA) is 88.1 Å². The zero-order valence-electron chi connectivity index (χ0n) is 15.5. The van der Waals surface area contributed by atoms with Gasteiger partial charge in [0.15, 0.2) is 0 Å². The van der Waals surface area contributed by atoms with Crippen LogP contribution in [0.5, 0.6) is 0 Å². The van der Waals surface area contributed by atoms with E-state index in [1.54, 1.807) is 10.9 Å². The Hall–Kier alpha value is -2.67. The molecule has 0 aliphatic carbocycles. The molecule has 3 N–H and O–H groups in total. The highest BCUT2D eigenvalue weighted by atomic mass is 16.2. The molecule has 0 saturated carbocycles. The van der Waals surface area contributed by atoms with E-state index in [4.69, 9.17) is 0 Å². The first kappa shape index (κ1) is 17.7. The molecule has 7 nitrogen and oxygen atoms in total. The van der Waals surface area contributed by atoms with Crippen molar-refractivity contribution in [1.29, 1.82) is 0 Å². The zero-order chi connectivity index (χ0) is 18.9. The Morgan fingerprint density at radius 1 is 1.30 bits per heavy atom. The smallest absolute Gasteiger partial charge is 0.248 e. The van der Waals surface area contributed by atoms with Gasteiger partial charge < -0.3 is 16.0 Å². The molecule has 0 radical (unpaired) electrons. The van der Waals surface area contributed by atoms with Crippen LogP contribution in [0.2, 0.25) is 0 Å². The van der Waals surface area contributed by atoms with E-state index in [-0.39, 0.29) is 17.9 Å². The van der Waals surface area contributed by atoms with Crippen LogP contribution in [0.4, 0.5) is 5.69 Å². The molecule has 1 fully saturated rings. The first-order valence-corrected chi connectivity index (χ1v) is 9.53. The number of piperidine rings is 1. The molecule has 7 heteroatoms. The predicted octanol–water partition coefficient (Wildman–Crippen LogP) is 1.72. The van der Waals surface area contributed by atoms with Crippen molar-refractivity contribution in [2.75, 3.05) is 18.4 Å². The summed E-state index contributed by atoms with van der Waals surface area (Å²) in [6, 6.07) is 7.72. The summed E-state index contributed by atoms with van der Waals surface area (Å²) in [7, 11) is 0. The molecule has 1 unspecified atom stereocenters. The van der Waals surface area contributed by atoms with Crippen LogP contribution in [0.1, 0.15) is 43.4 Å². The maximum absolute atomic E-state index is 13.3. The van der Waals surface area contributed by atoms with Gasteiger partial charge in [0, 0.05) is 24.5 Å². The van der Waals surface area contributed by atoms with Gasteiger partial charge in [0.05, 0.1) is 6.04 Å². The third kappa shape index (κ3) is 3.35. The summed E-state index contributed by atoms with van der Waals surface area (Å²) in [6.07, 6.45) is 6.26. The number of fused-ring (bicyclic) bond motifs is 1. The van der Waals surface area contributed by atoms with E-state index in [9.17, 15) is 9.59 Å². The molecule has 2 aromatic rings. The van der Waals surface area contributed by atoms with Gasteiger partial charge in [0.25, 0.3) is 0 Å². The molecule has 142 valence electrons. The molecule has 2 aliphatic rings. The summed E-state index contributed by atoms with van der Waals surface area (Å²) in [5, 5.41) is 13.8. The number of amides is 2. The van der Waals surface area contributed by atoms with Crippen LogP contribution in [-0.4, -0.2) is 34.7 Å². The Balaban J connectivity index is 1.54. The van der Waals surface area contributed by atoms with Gasteiger partial charge in [-0.25, -0.2) is 0 Å². The number of aromatic nitrogens is 2. The molecule has 0 bridgehead atoms. The number of aryl methyl sites for hydroxylation is 1. The minimum atomic E-state index is -0.648. The molecule has 27 heavy (non-hydrogen) atoms. The van der Waals surface area contributed by atoms with Crippen LogP contribution in [0.25, 0.3) is 0 Å². The maximum Gasteiger partial charge on any atom is 0.248 e. The Labute approximate surface area is 158 Å². The van der Waals surface area contributed by atoms with Crippen molar-refractivity contribution in [2.24, 2.45) is 0 Å². The highest BCUT2D eigenvalue weighted by Crippen LogP contribution is 2.30. The molecule has 0 spiro atoms. The lowest BCUT2D eigenvalue weighted by atomic mass is 9.87. The van der Waals surface area contributed by atoms with Crippen molar-refractivity contribution in [3.63, 3.8) is 0 Å². The van der Waals surface area contributed by atoms with E-state index in [1.165, 1.54) is 0 Å². The molecule has 1 saturated heterocycles. The van der Waals surface area contributed by atoms with Crippen LogP contribution in [-0.2, 0) is 21.5 Å². The van der Waals surface area contributed by atoms with Crippen molar-refractivity contribution in [1.82, 2.24) is 20.4 Å². The van der Waals surface area contributed by atoms with E-state index in [2.05, 4.69) is 27.1 Å². The molecule has 4 rings (SSSR count). The fourth-order valence-electron chi connectivity index (χ4n) is 4.01. The number of carbonyl (C=O) groups is 2. The summed E-state index contributed by atoms with van der Waals surface area (Å²) in [5.41, 5.74) is 2.39. The van der Waals surface area contributed by atoms with Crippen molar-refractivity contribution >= 4 is 17.5 Å². The number of benzene rings is 1. The highest BCUT2D eigenvalue weighted by molar-refractivity contribution is 5.94. The summed E-state index contributed by atoms with van der Waals surface area (Å²) >= 11 is 0. The fraction of sp³-hybridized carbons (Fsp3) is 0.450. The van der Waals surface area contributed by atoms with Crippen LogP contribution >= 0.6 is 0 Å². The summed E-state index contributed by atoms with van der Waals surface area (Å²) in [6.45, 7) is 3.58. The van der Waals surface area contributed by atoms with Gasteiger partial charge >= 0.3 is 0 Å². The maximum atomic E-state index is 13.3. The van der Waals surface area contributed by atoms with E-state index in [0.29, 0.717) is 19.3 Å². The standard InChI is InChI=1S/C20H25N5O2/c1-14(15-3-5-17-16(13-15)4-6-18(26)24-17)23-19(27)20(7-10-21-11-8-20)25-12-2-9-22-25/h2-3,5,9,12-14,21H,4,6-8,10-11H2,1H3,(H,23,27)(H,24,26). The Morgan fingerprint density at radius 3 is 2.85 bits per heavy atom. The summed E-state index contributed by atoms with van der Waals surface area (Å²) < 4.78 is 1.80. The first-order chi connectivity index (χ1) is 13.1. The second-order valence-electron chi connectivity index (χ2n) is 7.39. The number of nitrogens with one attached hydrogen (secondary N) is 3. The molecule has 1 atom stereocenters. The molecule has 1 aromatic heterocycles. The molecular weight excluding hydrogens is 342 g/mol. The van der Waals surface area contributed by atoms with E-state index in [0.717, 1.165) is 36.3 Å². The zero-order valence-corrected chi connectivity index (χ0v) is 15.5. The number of anilines is 1. The van der Waals surface area contributed by atoms with Gasteiger partial charge in [-0.05, 0) is 62.5 Å². The third-order valence-corrected chi connectivity index (χ3v) is 5.67. The van der Waals surface area contributed by atoms with Gasteiger partial charge in [-0.1, -0.05) is 12.1 Å². The van der Waals surface area contributed by atoms with Crippen molar-refractivity contribution < 1.29 is 9.59 Å². The first-order valence-electron chi connectivity index (χ1n) is 9.53. The normalized spacial score (nSPS) is 19.7. The molecule has 1 aromatic carbocycles. The number of hydrogen-bond donors (Lipinski definition) is 3. The van der Waals surface area contributed by atoms with Gasteiger partial charge in [-0.15, -0.1) is 0 Å². The minimum Gasteiger partial charge on any atom is -0.347 e. The average Bonchev–Trinajstić information content (AvgIpc) is 3.23. The second kappa shape index (κ2) is 7.15. The Morgan fingerprint density at radius 2 is 2.11 bits per heavy atom.